The Labute approximate surface area is 78.8 Å². The quantitative estimate of drug-likeness (QED) is 0.514. The first-order valence-corrected chi connectivity index (χ1v) is 3.83. The summed E-state index contributed by atoms with van der Waals surface area (Å²) in [6, 6.07) is 0. The van der Waals surface area contributed by atoms with Crippen molar-refractivity contribution >= 4 is 5.82 Å². The van der Waals surface area contributed by atoms with Gasteiger partial charge >= 0.3 is 5.82 Å². The molecule has 2 heterocycles. The summed E-state index contributed by atoms with van der Waals surface area (Å²) in [6.45, 7) is 0. The van der Waals surface area contributed by atoms with Gasteiger partial charge in [0, 0.05) is 13.2 Å². The normalized spacial score (nSPS) is 10.4. The van der Waals surface area contributed by atoms with E-state index < -0.39 is 4.92 Å². The van der Waals surface area contributed by atoms with Crippen molar-refractivity contribution in [2.45, 2.75) is 0 Å². The van der Waals surface area contributed by atoms with Crippen molar-refractivity contribution in [1.29, 1.82) is 0 Å². The van der Waals surface area contributed by atoms with E-state index in [1.165, 1.54) is 17.1 Å². The fourth-order valence-corrected chi connectivity index (χ4v) is 1.06. The molecule has 0 bridgehead atoms. The Morgan fingerprint density at radius 1 is 1.36 bits per heavy atom. The maximum absolute atomic E-state index is 10.4. The van der Waals surface area contributed by atoms with E-state index in [0.29, 0.717) is 5.82 Å². The van der Waals surface area contributed by atoms with Gasteiger partial charge in [0.15, 0.2) is 5.82 Å². The van der Waals surface area contributed by atoms with Gasteiger partial charge in [-0.3, -0.25) is 4.57 Å². The zero-order chi connectivity index (χ0) is 10.1. The summed E-state index contributed by atoms with van der Waals surface area (Å²) in [5.41, 5.74) is 0. The van der Waals surface area contributed by atoms with Gasteiger partial charge in [-0.25, -0.2) is 4.98 Å². The second-order valence-corrected chi connectivity index (χ2v) is 2.79. The van der Waals surface area contributed by atoms with Gasteiger partial charge in [0.25, 0.3) is 0 Å². The second-order valence-electron chi connectivity index (χ2n) is 2.79. The van der Waals surface area contributed by atoms with Crippen LogP contribution in [-0.4, -0.2) is 24.0 Å². The highest BCUT2D eigenvalue weighted by molar-refractivity contribution is 5.24. The predicted octanol–water partition coefficient (Wildman–Crippen LogP) is 0.514. The van der Waals surface area contributed by atoms with Gasteiger partial charge in [0.1, 0.15) is 6.20 Å². The van der Waals surface area contributed by atoms with Crippen molar-refractivity contribution in [3.63, 3.8) is 0 Å². The molecule has 0 saturated carbocycles. The SMILES string of the molecule is Cn1cnc(-n2cnc([N+](=O)[O-])c2)c1. The number of nitro groups is 1. The van der Waals surface area contributed by atoms with Crippen molar-refractivity contribution in [2.75, 3.05) is 0 Å². The Bertz CT molecular complexity index is 472. The Morgan fingerprint density at radius 2 is 2.14 bits per heavy atom. The van der Waals surface area contributed by atoms with E-state index in [-0.39, 0.29) is 5.82 Å². The molecule has 7 heteroatoms. The fraction of sp³-hybridized carbons (Fsp3) is 0.143. The highest BCUT2D eigenvalue weighted by Crippen LogP contribution is 2.10. The second kappa shape index (κ2) is 2.95. The molecule has 0 N–H and O–H groups in total. The summed E-state index contributed by atoms with van der Waals surface area (Å²) >= 11 is 0. The minimum absolute atomic E-state index is 0.185. The first-order chi connectivity index (χ1) is 6.66. The van der Waals surface area contributed by atoms with Crippen LogP contribution in [0.15, 0.2) is 25.0 Å². The van der Waals surface area contributed by atoms with Gasteiger partial charge in [0.2, 0.25) is 6.33 Å². The molecule has 0 aliphatic rings. The van der Waals surface area contributed by atoms with Crippen LogP contribution in [0, 0.1) is 10.1 Å². The summed E-state index contributed by atoms with van der Waals surface area (Å²) in [4.78, 5) is 17.5. The van der Waals surface area contributed by atoms with Gasteiger partial charge in [0.05, 0.1) is 6.33 Å². The Morgan fingerprint density at radius 3 is 2.64 bits per heavy atom. The van der Waals surface area contributed by atoms with Crippen LogP contribution >= 0.6 is 0 Å². The molecule has 0 amide bonds. The van der Waals surface area contributed by atoms with Crippen molar-refractivity contribution in [3.05, 3.63) is 35.2 Å². The number of imidazole rings is 2. The summed E-state index contributed by atoms with van der Waals surface area (Å²) in [5.74, 6) is 0.420. The van der Waals surface area contributed by atoms with Gasteiger partial charge in [-0.1, -0.05) is 0 Å². The standard InChI is InChI=1S/C7H7N5O2/c1-10-2-6(8-4-10)11-3-7(9-5-11)12(13)14/h2-5H,1H3. The van der Waals surface area contributed by atoms with E-state index in [1.807, 2.05) is 7.05 Å². The molecule has 14 heavy (non-hydrogen) atoms. The molecule has 72 valence electrons. The third-order valence-electron chi connectivity index (χ3n) is 1.71. The number of nitrogens with zero attached hydrogens (tertiary/aromatic N) is 5. The highest BCUT2D eigenvalue weighted by atomic mass is 16.6. The number of aromatic nitrogens is 4. The maximum atomic E-state index is 10.4. The fourth-order valence-electron chi connectivity index (χ4n) is 1.06. The zero-order valence-electron chi connectivity index (χ0n) is 7.36. The van der Waals surface area contributed by atoms with Crippen molar-refractivity contribution in [3.8, 4) is 5.82 Å². The summed E-state index contributed by atoms with van der Waals surface area (Å²) in [6.07, 6.45) is 6.04. The molecule has 2 aromatic rings. The molecule has 0 aromatic carbocycles. The molecular weight excluding hydrogens is 186 g/mol. The Hall–Kier alpha value is -2.18. The number of aryl methyl sites for hydroxylation is 1. The molecule has 0 aliphatic carbocycles. The van der Waals surface area contributed by atoms with Crippen LogP contribution in [0.2, 0.25) is 0 Å². The van der Waals surface area contributed by atoms with E-state index in [1.54, 1.807) is 17.1 Å². The zero-order valence-corrected chi connectivity index (χ0v) is 7.36. The van der Waals surface area contributed by atoms with Crippen LogP contribution in [0.25, 0.3) is 5.82 Å². The number of rotatable bonds is 2. The monoisotopic (exact) mass is 193 g/mol. The average molecular weight is 193 g/mol. The molecule has 7 nitrogen and oxygen atoms in total. The van der Waals surface area contributed by atoms with E-state index in [0.717, 1.165) is 0 Å². The van der Waals surface area contributed by atoms with Gasteiger partial charge in [-0.05, 0) is 9.91 Å². The molecule has 0 aliphatic heterocycles. The lowest BCUT2D eigenvalue weighted by molar-refractivity contribution is -0.389. The topological polar surface area (TPSA) is 78.8 Å². The predicted molar refractivity (Wildman–Crippen MR) is 47.0 cm³/mol. The molecule has 2 aromatic heterocycles. The van der Waals surface area contributed by atoms with Crippen LogP contribution in [0.3, 0.4) is 0 Å². The van der Waals surface area contributed by atoms with E-state index in [4.69, 9.17) is 0 Å². The van der Waals surface area contributed by atoms with E-state index >= 15 is 0 Å². The molecule has 0 fully saturated rings. The van der Waals surface area contributed by atoms with Crippen LogP contribution < -0.4 is 0 Å². The van der Waals surface area contributed by atoms with Crippen LogP contribution in [0.4, 0.5) is 5.82 Å². The molecule has 0 spiro atoms. The maximum Gasteiger partial charge on any atom is 0.381 e. The minimum Gasteiger partial charge on any atom is -0.358 e. The first-order valence-electron chi connectivity index (χ1n) is 3.83. The Kier molecular flexibility index (Phi) is 1.77. The van der Waals surface area contributed by atoms with Crippen LogP contribution in [-0.2, 0) is 7.05 Å². The summed E-state index contributed by atoms with van der Waals surface area (Å²) in [5, 5.41) is 10.4. The van der Waals surface area contributed by atoms with Gasteiger partial charge in [-0.2, -0.15) is 0 Å². The lowest BCUT2D eigenvalue weighted by Crippen LogP contribution is -1.90. The highest BCUT2D eigenvalue weighted by Gasteiger charge is 2.11. The average Bonchev–Trinajstić information content (AvgIpc) is 2.70. The van der Waals surface area contributed by atoms with E-state index in [9.17, 15) is 10.1 Å². The van der Waals surface area contributed by atoms with Crippen molar-refractivity contribution in [2.24, 2.45) is 7.05 Å². The molecule has 0 saturated heterocycles. The Balaban J connectivity index is 2.38. The van der Waals surface area contributed by atoms with Gasteiger partial charge < -0.3 is 14.7 Å². The number of hydrogen-bond donors (Lipinski definition) is 0. The van der Waals surface area contributed by atoms with Crippen molar-refractivity contribution < 1.29 is 4.92 Å². The number of hydrogen-bond acceptors (Lipinski definition) is 4. The molecular formula is C7H7N5O2. The smallest absolute Gasteiger partial charge is 0.358 e. The van der Waals surface area contributed by atoms with E-state index in [2.05, 4.69) is 9.97 Å². The van der Waals surface area contributed by atoms with Crippen LogP contribution in [0.5, 0.6) is 0 Å². The molecule has 0 unspecified atom stereocenters. The minimum atomic E-state index is -0.542. The molecule has 0 radical (unpaired) electrons. The molecule has 0 atom stereocenters. The lowest BCUT2D eigenvalue weighted by atomic mass is 10.7. The van der Waals surface area contributed by atoms with Crippen LogP contribution in [0.1, 0.15) is 0 Å². The third kappa shape index (κ3) is 1.35. The summed E-state index contributed by atoms with van der Waals surface area (Å²) in [7, 11) is 1.82. The molecule has 2 rings (SSSR count). The van der Waals surface area contributed by atoms with Gasteiger partial charge in [-0.15, -0.1) is 0 Å². The first kappa shape index (κ1) is 8.42. The largest absolute Gasteiger partial charge is 0.381 e. The van der Waals surface area contributed by atoms with Crippen molar-refractivity contribution in [1.82, 2.24) is 19.1 Å². The summed E-state index contributed by atoms with van der Waals surface area (Å²) < 4.78 is 3.25. The third-order valence-corrected chi connectivity index (χ3v) is 1.71. The lowest BCUT2D eigenvalue weighted by Gasteiger charge is -1.90.